The zero-order valence-corrected chi connectivity index (χ0v) is 15.8. The highest BCUT2D eigenvalue weighted by atomic mass is 32.2. The van der Waals surface area contributed by atoms with Crippen molar-refractivity contribution in [3.63, 3.8) is 0 Å². The van der Waals surface area contributed by atoms with Crippen molar-refractivity contribution in [3.05, 3.63) is 51.7 Å². The maximum Gasteiger partial charge on any atom is 0.348 e. The van der Waals surface area contributed by atoms with Crippen LogP contribution >= 0.6 is 11.3 Å². The lowest BCUT2D eigenvalue weighted by Crippen LogP contribution is -2.24. The minimum absolute atomic E-state index is 0.00458. The van der Waals surface area contributed by atoms with Gasteiger partial charge in [0.2, 0.25) is 0 Å². The van der Waals surface area contributed by atoms with Crippen LogP contribution in [0.15, 0.2) is 28.5 Å². The number of hydrogen-bond acceptors (Lipinski definition) is 7. The van der Waals surface area contributed by atoms with E-state index in [1.807, 2.05) is 0 Å². The van der Waals surface area contributed by atoms with E-state index in [0.717, 1.165) is 14.2 Å². The molecule has 10 heteroatoms. The van der Waals surface area contributed by atoms with E-state index in [9.17, 15) is 22.4 Å². The molecule has 1 aromatic heterocycles. The van der Waals surface area contributed by atoms with Crippen molar-refractivity contribution >= 4 is 33.3 Å². The zero-order chi connectivity index (χ0) is 19.5. The number of methoxy groups -OCH3 is 2. The molecule has 0 amide bonds. The summed E-state index contributed by atoms with van der Waals surface area (Å²) in [5, 5.41) is 0. The SMILES string of the molecule is COC(=O)c1sc(S(=O)(=O)NCc2ccc(F)cc2)c(C(=O)OC)c1C. The van der Waals surface area contributed by atoms with Crippen LogP contribution in [0.4, 0.5) is 4.39 Å². The lowest BCUT2D eigenvalue weighted by atomic mass is 10.2. The van der Waals surface area contributed by atoms with E-state index < -0.39 is 27.8 Å². The Morgan fingerprint density at radius 1 is 1.12 bits per heavy atom. The van der Waals surface area contributed by atoms with E-state index in [1.165, 1.54) is 31.2 Å². The summed E-state index contributed by atoms with van der Waals surface area (Å²) in [6, 6.07) is 5.26. The zero-order valence-electron chi connectivity index (χ0n) is 14.2. The summed E-state index contributed by atoms with van der Waals surface area (Å²) in [5.41, 5.74) is 0.469. The number of ether oxygens (including phenoxy) is 2. The molecular weight excluding hydrogens is 385 g/mol. The number of hydrogen-bond donors (Lipinski definition) is 1. The maximum atomic E-state index is 12.9. The number of esters is 2. The first-order valence-corrected chi connectivity index (χ1v) is 9.55. The Bertz CT molecular complexity index is 934. The molecule has 1 N–H and O–H groups in total. The number of halogens is 1. The summed E-state index contributed by atoms with van der Waals surface area (Å²) in [6.45, 7) is 1.32. The van der Waals surface area contributed by atoms with Gasteiger partial charge in [-0.3, -0.25) is 0 Å². The molecule has 0 bridgehead atoms. The average Bonchev–Trinajstić information content (AvgIpc) is 2.98. The molecule has 0 aliphatic carbocycles. The summed E-state index contributed by atoms with van der Waals surface area (Å²) in [4.78, 5) is 23.9. The Labute approximate surface area is 153 Å². The molecule has 0 spiro atoms. The van der Waals surface area contributed by atoms with Gasteiger partial charge in [0.1, 0.15) is 10.7 Å². The number of carbonyl (C=O) groups excluding carboxylic acids is 2. The molecule has 140 valence electrons. The molecular formula is C16H16FNO6S2. The van der Waals surface area contributed by atoms with Crippen molar-refractivity contribution in [2.24, 2.45) is 0 Å². The van der Waals surface area contributed by atoms with Crippen molar-refractivity contribution in [2.45, 2.75) is 17.7 Å². The molecule has 2 aromatic rings. The van der Waals surface area contributed by atoms with Crippen LogP contribution in [-0.4, -0.2) is 34.6 Å². The lowest BCUT2D eigenvalue weighted by molar-refractivity contribution is 0.0596. The van der Waals surface area contributed by atoms with Gasteiger partial charge in [0, 0.05) is 6.54 Å². The van der Waals surface area contributed by atoms with Crippen molar-refractivity contribution in [3.8, 4) is 0 Å². The van der Waals surface area contributed by atoms with Crippen molar-refractivity contribution in [2.75, 3.05) is 14.2 Å². The van der Waals surface area contributed by atoms with Gasteiger partial charge < -0.3 is 9.47 Å². The van der Waals surface area contributed by atoms with Crippen molar-refractivity contribution < 1.29 is 31.9 Å². The van der Waals surface area contributed by atoms with Crippen LogP contribution in [0.3, 0.4) is 0 Å². The Hall–Kier alpha value is -2.30. The number of nitrogens with one attached hydrogen (secondary N) is 1. The van der Waals surface area contributed by atoms with E-state index >= 15 is 0 Å². The summed E-state index contributed by atoms with van der Waals surface area (Å²) >= 11 is 0.621. The molecule has 0 saturated carbocycles. The lowest BCUT2D eigenvalue weighted by Gasteiger charge is -2.07. The van der Waals surface area contributed by atoms with Gasteiger partial charge in [0.15, 0.2) is 4.21 Å². The molecule has 0 fully saturated rings. The summed E-state index contributed by atoms with van der Waals surface area (Å²) in [5.74, 6) is -2.07. The molecule has 26 heavy (non-hydrogen) atoms. The van der Waals surface area contributed by atoms with E-state index in [0.29, 0.717) is 16.9 Å². The third-order valence-electron chi connectivity index (χ3n) is 3.50. The largest absolute Gasteiger partial charge is 0.465 e. The van der Waals surface area contributed by atoms with Gasteiger partial charge in [-0.1, -0.05) is 12.1 Å². The minimum atomic E-state index is -4.13. The van der Waals surface area contributed by atoms with Crippen LogP contribution in [0.5, 0.6) is 0 Å². The monoisotopic (exact) mass is 401 g/mol. The molecule has 0 saturated heterocycles. The maximum absolute atomic E-state index is 12.9. The van der Waals surface area contributed by atoms with Gasteiger partial charge in [-0.05, 0) is 30.2 Å². The molecule has 0 radical (unpaired) electrons. The van der Waals surface area contributed by atoms with Crippen LogP contribution in [0.25, 0.3) is 0 Å². The van der Waals surface area contributed by atoms with Gasteiger partial charge in [-0.15, -0.1) is 11.3 Å². The van der Waals surface area contributed by atoms with Crippen LogP contribution in [-0.2, 0) is 26.0 Å². The van der Waals surface area contributed by atoms with E-state index in [4.69, 9.17) is 0 Å². The second kappa shape index (κ2) is 7.94. The fraction of sp³-hybridized carbons (Fsp3) is 0.250. The Balaban J connectivity index is 2.42. The van der Waals surface area contributed by atoms with Gasteiger partial charge in [0.25, 0.3) is 10.0 Å². The van der Waals surface area contributed by atoms with Crippen molar-refractivity contribution in [1.29, 1.82) is 0 Å². The minimum Gasteiger partial charge on any atom is -0.465 e. The number of benzene rings is 1. The van der Waals surface area contributed by atoms with Gasteiger partial charge in [-0.2, -0.15) is 0 Å². The first-order valence-electron chi connectivity index (χ1n) is 7.25. The fourth-order valence-electron chi connectivity index (χ4n) is 2.15. The summed E-state index contributed by atoms with van der Waals surface area (Å²) in [6.07, 6.45) is 0. The Morgan fingerprint density at radius 2 is 1.69 bits per heavy atom. The van der Waals surface area contributed by atoms with Crippen LogP contribution < -0.4 is 4.72 Å². The second-order valence-electron chi connectivity index (χ2n) is 5.15. The van der Waals surface area contributed by atoms with Crippen molar-refractivity contribution in [1.82, 2.24) is 4.72 Å². The van der Waals surface area contributed by atoms with Crippen LogP contribution in [0, 0.1) is 12.7 Å². The quantitative estimate of drug-likeness (QED) is 0.746. The van der Waals surface area contributed by atoms with Gasteiger partial charge >= 0.3 is 11.9 Å². The van der Waals surface area contributed by atoms with Crippen LogP contribution in [0.1, 0.15) is 31.2 Å². The second-order valence-corrected chi connectivity index (χ2v) is 8.14. The molecule has 2 rings (SSSR count). The first-order chi connectivity index (χ1) is 12.2. The predicted molar refractivity (Wildman–Crippen MR) is 92.2 cm³/mol. The average molecular weight is 401 g/mol. The topological polar surface area (TPSA) is 98.8 Å². The van der Waals surface area contributed by atoms with Gasteiger partial charge in [0.05, 0.1) is 19.8 Å². The highest BCUT2D eigenvalue weighted by Gasteiger charge is 2.32. The van der Waals surface area contributed by atoms with E-state index in [1.54, 1.807) is 0 Å². The highest BCUT2D eigenvalue weighted by molar-refractivity contribution is 7.91. The van der Waals surface area contributed by atoms with Gasteiger partial charge in [-0.25, -0.2) is 27.1 Å². The van der Waals surface area contributed by atoms with Crippen LogP contribution in [0.2, 0.25) is 0 Å². The number of thiophene rings is 1. The first kappa shape index (κ1) is 20.0. The third kappa shape index (κ3) is 4.09. The molecule has 1 aromatic carbocycles. The van der Waals surface area contributed by atoms with E-state index in [2.05, 4.69) is 14.2 Å². The Morgan fingerprint density at radius 3 is 2.23 bits per heavy atom. The molecule has 7 nitrogen and oxygen atoms in total. The number of sulfonamides is 1. The smallest absolute Gasteiger partial charge is 0.348 e. The molecule has 0 aliphatic rings. The molecule has 1 heterocycles. The fourth-order valence-corrected chi connectivity index (χ4v) is 4.95. The number of rotatable bonds is 6. The summed E-state index contributed by atoms with van der Waals surface area (Å²) < 4.78 is 49.5. The third-order valence-corrected chi connectivity index (χ3v) is 6.69. The van der Waals surface area contributed by atoms with E-state index in [-0.39, 0.29) is 26.8 Å². The molecule has 0 unspecified atom stereocenters. The Kier molecular flexibility index (Phi) is 6.11. The summed E-state index contributed by atoms with van der Waals surface area (Å²) in [7, 11) is -1.87. The highest BCUT2D eigenvalue weighted by Crippen LogP contribution is 2.33. The molecule has 0 aliphatic heterocycles. The predicted octanol–water partition coefficient (Wildman–Crippen LogP) is 2.25. The normalized spacial score (nSPS) is 11.2. The standard InChI is InChI=1S/C16H16FNO6S2/c1-9-12(14(19)23-2)16(25-13(9)15(20)24-3)26(21,22)18-8-10-4-6-11(17)7-5-10/h4-7,18H,8H2,1-3H3. The number of carbonyl (C=O) groups is 2. The molecule has 0 atom stereocenters.